The normalized spacial score (nSPS) is 12.5. The molecule has 0 bridgehead atoms. The summed E-state index contributed by atoms with van der Waals surface area (Å²) < 4.78 is 4.89. The number of hydrogen-bond acceptors (Lipinski definition) is 4. The molecular weight excluding hydrogens is 272 g/mol. The fourth-order valence-corrected chi connectivity index (χ4v) is 2.07. The van der Waals surface area contributed by atoms with E-state index in [-0.39, 0.29) is 24.2 Å². The lowest BCUT2D eigenvalue weighted by Crippen LogP contribution is -2.36. The maximum Gasteiger partial charge on any atom is 0.323 e. The summed E-state index contributed by atoms with van der Waals surface area (Å²) in [6, 6.07) is 5.43. The summed E-state index contributed by atoms with van der Waals surface area (Å²) in [6.45, 7) is 3.35. The third kappa shape index (κ3) is 4.17. The van der Waals surface area contributed by atoms with Crippen molar-refractivity contribution in [2.24, 2.45) is 0 Å². The van der Waals surface area contributed by atoms with Gasteiger partial charge in [0.2, 0.25) is 5.91 Å². The smallest absolute Gasteiger partial charge is 0.323 e. The van der Waals surface area contributed by atoms with Gasteiger partial charge in [0.1, 0.15) is 0 Å². The van der Waals surface area contributed by atoms with Crippen molar-refractivity contribution in [3.8, 4) is 0 Å². The van der Waals surface area contributed by atoms with Gasteiger partial charge in [-0.25, -0.2) is 4.79 Å². The Balaban J connectivity index is 1.93. The van der Waals surface area contributed by atoms with Crippen LogP contribution in [0.1, 0.15) is 18.5 Å². The standard InChI is InChI=1S/C14H20N4O3/c1-9(16-13(19)8-15-5-6-21-2)10-3-4-11-12(7-10)18-14(20)17-11/h3-4,7,9,15H,5-6,8H2,1-2H3,(H,16,19)(H2,17,18,20). The number of aromatic nitrogens is 2. The minimum Gasteiger partial charge on any atom is -0.383 e. The summed E-state index contributed by atoms with van der Waals surface area (Å²) in [5.41, 5.74) is 2.18. The first kappa shape index (κ1) is 15.3. The number of benzene rings is 1. The van der Waals surface area contributed by atoms with Gasteiger partial charge in [-0.15, -0.1) is 0 Å². The fourth-order valence-electron chi connectivity index (χ4n) is 2.07. The van der Waals surface area contributed by atoms with Gasteiger partial charge in [-0.1, -0.05) is 6.07 Å². The predicted molar refractivity (Wildman–Crippen MR) is 80.2 cm³/mol. The highest BCUT2D eigenvalue weighted by atomic mass is 16.5. The van der Waals surface area contributed by atoms with Crippen LogP contribution >= 0.6 is 0 Å². The zero-order valence-electron chi connectivity index (χ0n) is 12.2. The van der Waals surface area contributed by atoms with Crippen LogP contribution in [0.5, 0.6) is 0 Å². The Morgan fingerprint density at radius 2 is 2.10 bits per heavy atom. The number of rotatable bonds is 7. The molecule has 1 heterocycles. The molecule has 0 saturated carbocycles. The second-order valence-corrected chi connectivity index (χ2v) is 4.84. The van der Waals surface area contributed by atoms with Crippen LogP contribution < -0.4 is 16.3 Å². The zero-order valence-corrected chi connectivity index (χ0v) is 12.2. The van der Waals surface area contributed by atoms with E-state index in [4.69, 9.17) is 4.74 Å². The zero-order chi connectivity index (χ0) is 15.2. The van der Waals surface area contributed by atoms with Crippen LogP contribution in [-0.2, 0) is 9.53 Å². The van der Waals surface area contributed by atoms with Crippen LogP contribution in [0.2, 0.25) is 0 Å². The maximum absolute atomic E-state index is 11.8. The molecule has 0 fully saturated rings. The van der Waals surface area contributed by atoms with Crippen LogP contribution in [0.15, 0.2) is 23.0 Å². The number of aromatic amines is 2. The van der Waals surface area contributed by atoms with E-state index in [0.29, 0.717) is 13.2 Å². The summed E-state index contributed by atoms with van der Waals surface area (Å²) in [6.07, 6.45) is 0. The second kappa shape index (κ2) is 7.05. The number of methoxy groups -OCH3 is 1. The van der Waals surface area contributed by atoms with Crippen LogP contribution in [0, 0.1) is 0 Å². The van der Waals surface area contributed by atoms with Gasteiger partial charge in [-0.2, -0.15) is 0 Å². The Kier molecular flexibility index (Phi) is 5.13. The summed E-state index contributed by atoms with van der Waals surface area (Å²) in [7, 11) is 1.62. The third-order valence-electron chi connectivity index (χ3n) is 3.19. The lowest BCUT2D eigenvalue weighted by molar-refractivity contribution is -0.120. The molecule has 1 aromatic heterocycles. The first-order valence-electron chi connectivity index (χ1n) is 6.81. The van der Waals surface area contributed by atoms with Gasteiger partial charge in [0.25, 0.3) is 0 Å². The molecule has 0 spiro atoms. The average molecular weight is 292 g/mol. The maximum atomic E-state index is 11.8. The number of nitrogens with one attached hydrogen (secondary N) is 4. The number of H-pyrrole nitrogens is 2. The average Bonchev–Trinajstić information content (AvgIpc) is 2.82. The third-order valence-corrected chi connectivity index (χ3v) is 3.19. The summed E-state index contributed by atoms with van der Waals surface area (Å²) in [5, 5.41) is 5.89. The number of hydrogen-bond donors (Lipinski definition) is 4. The molecule has 7 nitrogen and oxygen atoms in total. The fraction of sp³-hybridized carbons (Fsp3) is 0.429. The van der Waals surface area contributed by atoms with Crippen molar-refractivity contribution < 1.29 is 9.53 Å². The van der Waals surface area contributed by atoms with E-state index in [0.717, 1.165) is 16.6 Å². The van der Waals surface area contributed by atoms with Crippen molar-refractivity contribution in [3.05, 3.63) is 34.2 Å². The molecule has 7 heteroatoms. The van der Waals surface area contributed by atoms with E-state index in [1.165, 1.54) is 0 Å². The quantitative estimate of drug-likeness (QED) is 0.550. The predicted octanol–water partition coefficient (Wildman–Crippen LogP) is 0.269. The molecular formula is C14H20N4O3. The van der Waals surface area contributed by atoms with Gasteiger partial charge >= 0.3 is 5.69 Å². The molecule has 0 aliphatic rings. The molecule has 114 valence electrons. The number of ether oxygens (including phenoxy) is 1. The Morgan fingerprint density at radius 3 is 2.86 bits per heavy atom. The molecule has 21 heavy (non-hydrogen) atoms. The molecule has 1 amide bonds. The van der Waals surface area contributed by atoms with Crippen LogP contribution in [0.4, 0.5) is 0 Å². The molecule has 1 aromatic carbocycles. The van der Waals surface area contributed by atoms with Crippen molar-refractivity contribution in [1.82, 2.24) is 20.6 Å². The number of carbonyl (C=O) groups excluding carboxylic acids is 1. The molecule has 0 saturated heterocycles. The van der Waals surface area contributed by atoms with Crippen molar-refractivity contribution in [1.29, 1.82) is 0 Å². The molecule has 0 radical (unpaired) electrons. The largest absolute Gasteiger partial charge is 0.383 e. The summed E-state index contributed by atoms with van der Waals surface area (Å²) >= 11 is 0. The van der Waals surface area contributed by atoms with Crippen LogP contribution in [-0.4, -0.2) is 42.7 Å². The Morgan fingerprint density at radius 1 is 1.33 bits per heavy atom. The minimum absolute atomic E-state index is 0.0822. The number of imidazole rings is 1. The first-order valence-corrected chi connectivity index (χ1v) is 6.81. The molecule has 0 aliphatic carbocycles. The Hall–Kier alpha value is -2.12. The SMILES string of the molecule is COCCNCC(=O)NC(C)c1ccc2[nH]c(=O)[nH]c2c1. The van der Waals surface area contributed by atoms with Gasteiger partial charge in [-0.3, -0.25) is 4.79 Å². The minimum atomic E-state index is -0.235. The van der Waals surface area contributed by atoms with E-state index in [1.807, 2.05) is 25.1 Å². The second-order valence-electron chi connectivity index (χ2n) is 4.84. The summed E-state index contributed by atoms with van der Waals surface area (Å²) in [4.78, 5) is 28.4. The van der Waals surface area contributed by atoms with E-state index < -0.39 is 0 Å². The molecule has 1 unspecified atom stereocenters. The molecule has 4 N–H and O–H groups in total. The van der Waals surface area contributed by atoms with Crippen LogP contribution in [0.25, 0.3) is 11.0 Å². The Bertz CT molecular complexity index is 662. The van der Waals surface area contributed by atoms with Gasteiger partial charge < -0.3 is 25.3 Å². The van der Waals surface area contributed by atoms with E-state index in [9.17, 15) is 9.59 Å². The van der Waals surface area contributed by atoms with Gasteiger partial charge in [0, 0.05) is 13.7 Å². The monoisotopic (exact) mass is 292 g/mol. The molecule has 2 rings (SSSR count). The molecule has 1 atom stereocenters. The number of carbonyl (C=O) groups is 1. The van der Waals surface area contributed by atoms with Crippen molar-refractivity contribution in [3.63, 3.8) is 0 Å². The van der Waals surface area contributed by atoms with E-state index >= 15 is 0 Å². The van der Waals surface area contributed by atoms with Gasteiger partial charge in [-0.05, 0) is 24.6 Å². The first-order chi connectivity index (χ1) is 10.1. The van der Waals surface area contributed by atoms with Gasteiger partial charge in [0.15, 0.2) is 0 Å². The van der Waals surface area contributed by atoms with E-state index in [1.54, 1.807) is 7.11 Å². The number of amides is 1. The molecule has 0 aliphatic heterocycles. The van der Waals surface area contributed by atoms with Crippen molar-refractivity contribution >= 4 is 16.9 Å². The van der Waals surface area contributed by atoms with Gasteiger partial charge in [0.05, 0.1) is 30.2 Å². The Labute approximate surface area is 122 Å². The molecule has 2 aromatic rings. The lowest BCUT2D eigenvalue weighted by Gasteiger charge is -2.14. The highest BCUT2D eigenvalue weighted by Gasteiger charge is 2.10. The number of fused-ring (bicyclic) bond motifs is 1. The van der Waals surface area contributed by atoms with Crippen LogP contribution in [0.3, 0.4) is 0 Å². The van der Waals surface area contributed by atoms with Crippen molar-refractivity contribution in [2.45, 2.75) is 13.0 Å². The lowest BCUT2D eigenvalue weighted by atomic mass is 10.1. The van der Waals surface area contributed by atoms with E-state index in [2.05, 4.69) is 20.6 Å². The summed E-state index contributed by atoms with van der Waals surface area (Å²) in [5.74, 6) is -0.0822. The topological polar surface area (TPSA) is 99.0 Å². The highest BCUT2D eigenvalue weighted by Crippen LogP contribution is 2.16. The highest BCUT2D eigenvalue weighted by molar-refractivity contribution is 5.79. The van der Waals surface area contributed by atoms with Crippen molar-refractivity contribution in [2.75, 3.05) is 26.8 Å².